The van der Waals surface area contributed by atoms with Crippen molar-refractivity contribution in [2.75, 3.05) is 6.54 Å². The molecule has 0 aliphatic carbocycles. The second kappa shape index (κ2) is 3.24. The minimum Gasteiger partial charge on any atom is -0.309 e. The summed E-state index contributed by atoms with van der Waals surface area (Å²) in [6.07, 6.45) is -2.19. The quantitative estimate of drug-likeness (QED) is 0.754. The van der Waals surface area contributed by atoms with E-state index in [-0.39, 0.29) is 11.7 Å². The van der Waals surface area contributed by atoms with Gasteiger partial charge in [-0.3, -0.25) is 4.98 Å². The fourth-order valence-corrected chi connectivity index (χ4v) is 1.46. The molecule has 1 aromatic heterocycles. The van der Waals surface area contributed by atoms with Crippen LogP contribution in [0.2, 0.25) is 0 Å². The molecule has 1 saturated heterocycles. The zero-order valence-corrected chi connectivity index (χ0v) is 7.30. The number of halogens is 3. The molecule has 1 aromatic rings. The summed E-state index contributed by atoms with van der Waals surface area (Å²) in [5, 5.41) is 2.91. The molecule has 0 amide bonds. The topological polar surface area (TPSA) is 24.9 Å². The van der Waals surface area contributed by atoms with Crippen molar-refractivity contribution in [1.29, 1.82) is 0 Å². The molecule has 76 valence electrons. The summed E-state index contributed by atoms with van der Waals surface area (Å²) in [7, 11) is 0. The van der Waals surface area contributed by atoms with Crippen molar-refractivity contribution in [3.8, 4) is 0 Å². The SMILES string of the molecule is FC(F)(F)c1cccnc1[C@@H]1CCN1. The van der Waals surface area contributed by atoms with Crippen LogP contribution in [0.5, 0.6) is 0 Å². The first-order valence-electron chi connectivity index (χ1n) is 4.34. The molecule has 2 heterocycles. The Labute approximate surface area is 79.2 Å². The van der Waals surface area contributed by atoms with Crippen molar-refractivity contribution >= 4 is 0 Å². The van der Waals surface area contributed by atoms with Gasteiger partial charge in [-0.2, -0.15) is 13.2 Å². The lowest BCUT2D eigenvalue weighted by atomic mass is 9.98. The molecule has 0 unspecified atom stereocenters. The molecule has 14 heavy (non-hydrogen) atoms. The van der Waals surface area contributed by atoms with Gasteiger partial charge in [0.15, 0.2) is 0 Å². The minimum absolute atomic E-state index is 0.117. The largest absolute Gasteiger partial charge is 0.418 e. The lowest BCUT2D eigenvalue weighted by Gasteiger charge is -2.28. The van der Waals surface area contributed by atoms with Crippen LogP contribution in [0.25, 0.3) is 0 Å². The first-order chi connectivity index (χ1) is 6.59. The monoisotopic (exact) mass is 202 g/mol. The van der Waals surface area contributed by atoms with Gasteiger partial charge in [-0.25, -0.2) is 0 Å². The third-order valence-electron chi connectivity index (χ3n) is 2.30. The molecule has 1 aliphatic rings. The van der Waals surface area contributed by atoms with Crippen molar-refractivity contribution in [3.05, 3.63) is 29.6 Å². The van der Waals surface area contributed by atoms with Crippen molar-refractivity contribution in [3.63, 3.8) is 0 Å². The molecule has 0 radical (unpaired) electrons. The maximum absolute atomic E-state index is 12.5. The number of hydrogen-bond donors (Lipinski definition) is 1. The van der Waals surface area contributed by atoms with Crippen molar-refractivity contribution in [2.24, 2.45) is 0 Å². The second-order valence-corrected chi connectivity index (χ2v) is 3.23. The zero-order chi connectivity index (χ0) is 10.2. The Morgan fingerprint density at radius 3 is 2.64 bits per heavy atom. The van der Waals surface area contributed by atoms with Gasteiger partial charge in [0, 0.05) is 6.20 Å². The second-order valence-electron chi connectivity index (χ2n) is 3.23. The molecule has 0 spiro atoms. The summed E-state index contributed by atoms with van der Waals surface area (Å²) >= 11 is 0. The third-order valence-corrected chi connectivity index (χ3v) is 2.30. The minimum atomic E-state index is -4.30. The normalized spacial score (nSPS) is 21.8. The summed E-state index contributed by atoms with van der Waals surface area (Å²) in [6.45, 7) is 0.762. The van der Waals surface area contributed by atoms with E-state index in [0.29, 0.717) is 0 Å². The lowest BCUT2D eigenvalue weighted by molar-refractivity contribution is -0.139. The molecule has 0 saturated carbocycles. The van der Waals surface area contributed by atoms with Gasteiger partial charge in [-0.1, -0.05) is 0 Å². The van der Waals surface area contributed by atoms with Gasteiger partial charge >= 0.3 is 6.18 Å². The van der Waals surface area contributed by atoms with E-state index >= 15 is 0 Å². The maximum Gasteiger partial charge on any atom is 0.418 e. The Morgan fingerprint density at radius 2 is 2.14 bits per heavy atom. The number of nitrogens with one attached hydrogen (secondary N) is 1. The van der Waals surface area contributed by atoms with E-state index in [1.165, 1.54) is 12.3 Å². The van der Waals surface area contributed by atoms with Crippen LogP contribution < -0.4 is 5.32 Å². The van der Waals surface area contributed by atoms with Crippen LogP contribution in [0.15, 0.2) is 18.3 Å². The van der Waals surface area contributed by atoms with Gasteiger partial charge in [0.05, 0.1) is 17.3 Å². The summed E-state index contributed by atoms with van der Waals surface area (Å²) in [5.41, 5.74) is -0.511. The Kier molecular flexibility index (Phi) is 2.19. The first-order valence-corrected chi connectivity index (χ1v) is 4.34. The highest BCUT2D eigenvalue weighted by Gasteiger charge is 2.37. The van der Waals surface area contributed by atoms with Gasteiger partial charge in [0.2, 0.25) is 0 Å². The highest BCUT2D eigenvalue weighted by molar-refractivity contribution is 5.26. The van der Waals surface area contributed by atoms with Crippen LogP contribution in [0, 0.1) is 0 Å². The highest BCUT2D eigenvalue weighted by Crippen LogP contribution is 2.35. The Hall–Kier alpha value is -1.10. The number of alkyl halides is 3. The molecular weight excluding hydrogens is 193 g/mol. The van der Waals surface area contributed by atoms with Crippen LogP contribution >= 0.6 is 0 Å². The van der Waals surface area contributed by atoms with Gasteiger partial charge in [-0.05, 0) is 25.1 Å². The molecule has 1 atom stereocenters. The molecule has 1 N–H and O–H groups in total. The van der Waals surface area contributed by atoms with E-state index in [0.717, 1.165) is 19.0 Å². The predicted molar refractivity (Wildman–Crippen MR) is 44.6 cm³/mol. The van der Waals surface area contributed by atoms with Crippen LogP contribution in [0.1, 0.15) is 23.7 Å². The Bertz CT molecular complexity index is 331. The average molecular weight is 202 g/mol. The molecule has 2 rings (SSSR count). The van der Waals surface area contributed by atoms with Crippen LogP contribution in [0.3, 0.4) is 0 Å². The number of rotatable bonds is 1. The molecule has 2 nitrogen and oxygen atoms in total. The fraction of sp³-hybridized carbons (Fsp3) is 0.444. The average Bonchev–Trinajstić information content (AvgIpc) is 2.00. The number of pyridine rings is 1. The Morgan fingerprint density at radius 1 is 1.43 bits per heavy atom. The summed E-state index contributed by atoms with van der Waals surface area (Å²) < 4.78 is 37.5. The van der Waals surface area contributed by atoms with Gasteiger partial charge in [0.1, 0.15) is 0 Å². The van der Waals surface area contributed by atoms with E-state index in [2.05, 4.69) is 10.3 Å². The Balaban J connectivity index is 2.38. The van der Waals surface area contributed by atoms with E-state index in [9.17, 15) is 13.2 Å². The summed E-state index contributed by atoms with van der Waals surface area (Å²) in [6, 6.07) is 2.15. The van der Waals surface area contributed by atoms with Crippen LogP contribution in [-0.4, -0.2) is 11.5 Å². The number of aromatic nitrogens is 1. The van der Waals surface area contributed by atoms with E-state index in [1.807, 2.05) is 0 Å². The standard InChI is InChI=1S/C9H9F3N2/c10-9(11,12)6-2-1-4-14-8(6)7-3-5-13-7/h1-2,4,7,13H,3,5H2/t7-/m0/s1. The molecule has 0 aromatic carbocycles. The maximum atomic E-state index is 12.5. The van der Waals surface area contributed by atoms with Crippen LogP contribution in [0.4, 0.5) is 13.2 Å². The predicted octanol–water partition coefficient (Wildman–Crippen LogP) is 2.13. The van der Waals surface area contributed by atoms with Crippen molar-refractivity contribution < 1.29 is 13.2 Å². The zero-order valence-electron chi connectivity index (χ0n) is 7.30. The van der Waals surface area contributed by atoms with Crippen molar-refractivity contribution in [1.82, 2.24) is 10.3 Å². The van der Waals surface area contributed by atoms with E-state index in [1.54, 1.807) is 0 Å². The van der Waals surface area contributed by atoms with E-state index in [4.69, 9.17) is 0 Å². The smallest absolute Gasteiger partial charge is 0.309 e. The molecular formula is C9H9F3N2. The van der Waals surface area contributed by atoms with Crippen LogP contribution in [-0.2, 0) is 6.18 Å². The summed E-state index contributed by atoms with van der Waals surface area (Å²) in [5.74, 6) is 0. The van der Waals surface area contributed by atoms with Gasteiger partial charge < -0.3 is 5.32 Å². The number of hydrogen-bond acceptors (Lipinski definition) is 2. The first kappa shape index (κ1) is 9.45. The van der Waals surface area contributed by atoms with E-state index < -0.39 is 11.7 Å². The molecule has 1 fully saturated rings. The van der Waals surface area contributed by atoms with Gasteiger partial charge in [-0.15, -0.1) is 0 Å². The third kappa shape index (κ3) is 1.59. The van der Waals surface area contributed by atoms with Gasteiger partial charge in [0.25, 0.3) is 0 Å². The fourth-order valence-electron chi connectivity index (χ4n) is 1.46. The molecule has 1 aliphatic heterocycles. The highest BCUT2D eigenvalue weighted by atomic mass is 19.4. The molecule has 5 heteroatoms. The summed E-state index contributed by atoms with van der Waals surface area (Å²) in [4.78, 5) is 3.78. The lowest BCUT2D eigenvalue weighted by Crippen LogP contribution is -2.37. The number of nitrogens with zero attached hydrogens (tertiary/aromatic N) is 1. The van der Waals surface area contributed by atoms with Crippen molar-refractivity contribution in [2.45, 2.75) is 18.6 Å². The molecule has 0 bridgehead atoms.